The van der Waals surface area contributed by atoms with E-state index in [0.717, 1.165) is 18.4 Å². The van der Waals surface area contributed by atoms with Crippen molar-refractivity contribution in [3.05, 3.63) is 23.8 Å². The van der Waals surface area contributed by atoms with E-state index in [9.17, 15) is 14.7 Å². The number of carbonyl (C=O) groups is 2. The van der Waals surface area contributed by atoms with Crippen LogP contribution in [0.25, 0.3) is 0 Å². The largest absolute Gasteiger partial charge is 0.493 e. The molecule has 2 aliphatic rings. The fraction of sp³-hybridized carbons (Fsp3) is 0.600. The number of ether oxygens (including phenoxy) is 3. The van der Waals surface area contributed by atoms with Gasteiger partial charge in [-0.15, -0.1) is 0 Å². The molecule has 2 fully saturated rings. The minimum absolute atomic E-state index is 0.0720. The quantitative estimate of drug-likeness (QED) is 0.816. The highest BCUT2D eigenvalue weighted by atomic mass is 16.5. The Bertz CT molecular complexity index is 683. The number of hydrogen-bond donors (Lipinski definition) is 1. The predicted molar refractivity (Wildman–Crippen MR) is 98.0 cm³/mol. The zero-order valence-electron chi connectivity index (χ0n) is 15.8. The van der Waals surface area contributed by atoms with Crippen molar-refractivity contribution < 1.29 is 28.9 Å². The van der Waals surface area contributed by atoms with Gasteiger partial charge in [-0.25, -0.2) is 0 Å². The standard InChI is InChI=1S/C20H27NO6/c1-25-16-4-3-13(11-17(16)26-2)12-18(22)21-8-5-14(6-9-21)19-15(20(23)24)7-10-27-19/h3-4,11,14-15,19H,5-10,12H2,1-2H3,(H,23,24)/t15?,19-/m0/s1. The van der Waals surface area contributed by atoms with Gasteiger partial charge in [-0.05, 0) is 42.9 Å². The molecule has 0 bridgehead atoms. The Kier molecular flexibility index (Phi) is 6.21. The second-order valence-electron chi connectivity index (χ2n) is 7.15. The lowest BCUT2D eigenvalue weighted by Crippen LogP contribution is -2.43. The number of carbonyl (C=O) groups excluding carboxylic acids is 1. The van der Waals surface area contributed by atoms with Crippen LogP contribution in [-0.4, -0.2) is 61.9 Å². The Labute approximate surface area is 159 Å². The Morgan fingerprint density at radius 3 is 2.48 bits per heavy atom. The first kappa shape index (κ1) is 19.5. The summed E-state index contributed by atoms with van der Waals surface area (Å²) in [6.07, 6.45) is 2.24. The molecule has 1 aromatic carbocycles. The normalized spacial score (nSPS) is 23.3. The van der Waals surface area contributed by atoms with E-state index in [1.165, 1.54) is 0 Å². The first-order valence-corrected chi connectivity index (χ1v) is 9.36. The van der Waals surface area contributed by atoms with Gasteiger partial charge in [-0.3, -0.25) is 9.59 Å². The molecule has 2 saturated heterocycles. The molecule has 0 spiro atoms. The zero-order chi connectivity index (χ0) is 19.4. The van der Waals surface area contributed by atoms with Crippen LogP contribution in [0, 0.1) is 11.8 Å². The summed E-state index contributed by atoms with van der Waals surface area (Å²) in [5.74, 6) is 0.341. The highest BCUT2D eigenvalue weighted by Gasteiger charge is 2.40. The summed E-state index contributed by atoms with van der Waals surface area (Å²) in [6.45, 7) is 1.80. The fourth-order valence-electron chi connectivity index (χ4n) is 4.09. The number of hydrogen-bond acceptors (Lipinski definition) is 5. The maximum Gasteiger partial charge on any atom is 0.309 e. The summed E-state index contributed by atoms with van der Waals surface area (Å²) in [7, 11) is 3.15. The number of rotatable bonds is 6. The summed E-state index contributed by atoms with van der Waals surface area (Å²) in [5.41, 5.74) is 0.879. The van der Waals surface area contributed by atoms with Gasteiger partial charge in [0.15, 0.2) is 11.5 Å². The number of piperidine rings is 1. The van der Waals surface area contributed by atoms with Crippen LogP contribution in [0.3, 0.4) is 0 Å². The van der Waals surface area contributed by atoms with Crippen LogP contribution < -0.4 is 9.47 Å². The van der Waals surface area contributed by atoms with Crippen LogP contribution in [-0.2, 0) is 20.7 Å². The lowest BCUT2D eigenvalue weighted by Gasteiger charge is -2.35. The minimum atomic E-state index is -0.774. The van der Waals surface area contributed by atoms with Crippen LogP contribution in [0.4, 0.5) is 0 Å². The first-order chi connectivity index (χ1) is 13.0. The number of carboxylic acid groups (broad SMARTS) is 1. The number of nitrogens with zero attached hydrogens (tertiary/aromatic N) is 1. The van der Waals surface area contributed by atoms with Crippen molar-refractivity contribution in [1.82, 2.24) is 4.90 Å². The summed E-state index contributed by atoms with van der Waals surface area (Å²) in [4.78, 5) is 25.9. The van der Waals surface area contributed by atoms with Crippen molar-refractivity contribution in [2.45, 2.75) is 31.8 Å². The summed E-state index contributed by atoms with van der Waals surface area (Å²) in [6, 6.07) is 5.50. The number of carboxylic acids is 1. The molecule has 0 radical (unpaired) electrons. The number of amides is 1. The van der Waals surface area contributed by atoms with E-state index in [1.807, 2.05) is 17.0 Å². The molecule has 7 heteroatoms. The smallest absolute Gasteiger partial charge is 0.309 e. The number of methoxy groups -OCH3 is 2. The molecule has 2 heterocycles. The summed E-state index contributed by atoms with van der Waals surface area (Å²) in [5, 5.41) is 9.34. The molecule has 2 aliphatic heterocycles. The number of benzene rings is 1. The minimum Gasteiger partial charge on any atom is -0.493 e. The molecule has 0 saturated carbocycles. The highest BCUT2D eigenvalue weighted by Crippen LogP contribution is 2.33. The van der Waals surface area contributed by atoms with Gasteiger partial charge in [0.05, 0.1) is 32.7 Å². The zero-order valence-corrected chi connectivity index (χ0v) is 15.8. The SMILES string of the molecule is COc1ccc(CC(=O)N2CCC([C@@H]3OCCC3C(=O)O)CC2)cc1OC. The molecule has 1 aromatic rings. The van der Waals surface area contributed by atoms with E-state index < -0.39 is 11.9 Å². The van der Waals surface area contributed by atoms with E-state index in [-0.39, 0.29) is 17.9 Å². The maximum absolute atomic E-state index is 12.7. The van der Waals surface area contributed by atoms with E-state index in [0.29, 0.717) is 44.0 Å². The predicted octanol–water partition coefficient (Wildman–Crippen LogP) is 1.97. The third-order valence-electron chi connectivity index (χ3n) is 5.61. The lowest BCUT2D eigenvalue weighted by atomic mass is 9.84. The van der Waals surface area contributed by atoms with Crippen LogP contribution in [0.1, 0.15) is 24.8 Å². The molecule has 3 rings (SSSR count). The van der Waals surface area contributed by atoms with Gasteiger partial charge in [0, 0.05) is 19.7 Å². The van der Waals surface area contributed by atoms with Crippen LogP contribution >= 0.6 is 0 Å². The Morgan fingerprint density at radius 2 is 1.85 bits per heavy atom. The summed E-state index contributed by atoms with van der Waals surface area (Å²) < 4.78 is 16.2. The first-order valence-electron chi connectivity index (χ1n) is 9.36. The van der Waals surface area contributed by atoms with Crippen LogP contribution in [0.5, 0.6) is 11.5 Å². The van der Waals surface area contributed by atoms with Crippen molar-refractivity contribution in [2.24, 2.45) is 11.8 Å². The molecule has 1 unspecified atom stereocenters. The van der Waals surface area contributed by atoms with Gasteiger partial charge in [0.25, 0.3) is 0 Å². The second kappa shape index (κ2) is 8.61. The van der Waals surface area contributed by atoms with Crippen LogP contribution in [0.2, 0.25) is 0 Å². The van der Waals surface area contributed by atoms with Gasteiger partial charge >= 0.3 is 5.97 Å². The Morgan fingerprint density at radius 1 is 1.15 bits per heavy atom. The van der Waals surface area contributed by atoms with Crippen molar-refractivity contribution in [1.29, 1.82) is 0 Å². The maximum atomic E-state index is 12.7. The van der Waals surface area contributed by atoms with Crippen molar-refractivity contribution in [2.75, 3.05) is 33.9 Å². The van der Waals surface area contributed by atoms with Gasteiger partial charge < -0.3 is 24.2 Å². The second-order valence-corrected chi connectivity index (χ2v) is 7.15. The van der Waals surface area contributed by atoms with Crippen molar-refractivity contribution in [3.8, 4) is 11.5 Å². The molecular formula is C20H27NO6. The lowest BCUT2D eigenvalue weighted by molar-refractivity contribution is -0.145. The Balaban J connectivity index is 1.55. The van der Waals surface area contributed by atoms with Gasteiger partial charge in [0.2, 0.25) is 5.91 Å². The van der Waals surface area contributed by atoms with E-state index in [1.54, 1.807) is 20.3 Å². The Hall–Kier alpha value is -2.28. The number of likely N-dealkylation sites (tertiary alicyclic amines) is 1. The molecule has 27 heavy (non-hydrogen) atoms. The van der Waals surface area contributed by atoms with Gasteiger partial charge in [-0.1, -0.05) is 6.07 Å². The molecular weight excluding hydrogens is 350 g/mol. The van der Waals surface area contributed by atoms with E-state index in [4.69, 9.17) is 14.2 Å². The molecule has 0 aliphatic carbocycles. The van der Waals surface area contributed by atoms with Crippen LogP contribution in [0.15, 0.2) is 18.2 Å². The monoisotopic (exact) mass is 377 g/mol. The molecule has 1 amide bonds. The molecule has 7 nitrogen and oxygen atoms in total. The van der Waals surface area contributed by atoms with Gasteiger partial charge in [0.1, 0.15) is 0 Å². The van der Waals surface area contributed by atoms with Crippen molar-refractivity contribution >= 4 is 11.9 Å². The fourth-order valence-corrected chi connectivity index (χ4v) is 4.09. The number of aliphatic carboxylic acids is 1. The van der Waals surface area contributed by atoms with E-state index in [2.05, 4.69) is 0 Å². The van der Waals surface area contributed by atoms with Crippen molar-refractivity contribution in [3.63, 3.8) is 0 Å². The molecule has 1 N–H and O–H groups in total. The van der Waals surface area contributed by atoms with Gasteiger partial charge in [-0.2, -0.15) is 0 Å². The van der Waals surface area contributed by atoms with E-state index >= 15 is 0 Å². The molecule has 148 valence electrons. The highest BCUT2D eigenvalue weighted by molar-refractivity contribution is 5.79. The summed E-state index contributed by atoms with van der Waals surface area (Å²) >= 11 is 0. The third kappa shape index (κ3) is 4.35. The molecule has 0 aromatic heterocycles. The average molecular weight is 377 g/mol. The topological polar surface area (TPSA) is 85.3 Å². The third-order valence-corrected chi connectivity index (χ3v) is 5.61. The molecule has 2 atom stereocenters. The average Bonchev–Trinajstić information content (AvgIpc) is 3.18.